The smallest absolute Gasteiger partial charge is 0.326 e. The van der Waals surface area contributed by atoms with E-state index in [9.17, 15) is 18.0 Å². The van der Waals surface area contributed by atoms with Gasteiger partial charge in [0.25, 0.3) is 0 Å². The number of hydrogen-bond donors (Lipinski definition) is 0. The zero-order valence-electron chi connectivity index (χ0n) is 19.4. The predicted octanol–water partition coefficient (Wildman–Crippen LogP) is 3.52. The van der Waals surface area contributed by atoms with Crippen molar-refractivity contribution < 1.29 is 27.5 Å². The molecule has 0 saturated carbocycles. The van der Waals surface area contributed by atoms with Crippen LogP contribution in [-0.2, 0) is 37.1 Å². The Morgan fingerprint density at radius 1 is 1.09 bits per heavy atom. The van der Waals surface area contributed by atoms with Gasteiger partial charge in [0.1, 0.15) is 12.3 Å². The lowest BCUT2D eigenvalue weighted by Gasteiger charge is -2.06. The number of amides is 1. The molecule has 0 fully saturated rings. The summed E-state index contributed by atoms with van der Waals surface area (Å²) < 4.78 is 37.8. The number of aryl methyl sites for hydroxylation is 1. The van der Waals surface area contributed by atoms with E-state index >= 15 is 0 Å². The molecule has 0 aliphatic carbocycles. The lowest BCUT2D eigenvalue weighted by atomic mass is 10.2. The second kappa shape index (κ2) is 11.4. The number of carbonyl (C=O) groups is 2. The Kier molecular flexibility index (Phi) is 8.62. The Morgan fingerprint density at radius 3 is 2.47 bits per heavy atom. The Balaban J connectivity index is 1.78. The van der Waals surface area contributed by atoms with Gasteiger partial charge in [-0.25, -0.2) is 8.42 Å². The molecule has 0 radical (unpaired) electrons. The first-order valence-corrected chi connectivity index (χ1v) is 13.5. The molecule has 0 unspecified atom stereocenters. The second-order valence-corrected chi connectivity index (χ2v) is 10.7. The van der Waals surface area contributed by atoms with Gasteiger partial charge in [-0.05, 0) is 61.7 Å². The molecule has 1 aromatic heterocycles. The van der Waals surface area contributed by atoms with Crippen LogP contribution in [0.1, 0.15) is 32.3 Å². The molecule has 0 N–H and O–H groups in total. The van der Waals surface area contributed by atoms with Gasteiger partial charge < -0.3 is 14.0 Å². The molecule has 0 aliphatic heterocycles. The quantitative estimate of drug-likeness (QED) is 0.391. The first kappa shape index (κ1) is 25.6. The van der Waals surface area contributed by atoms with E-state index in [1.165, 1.54) is 30.6 Å². The molecule has 0 spiro atoms. The Morgan fingerprint density at radius 2 is 1.82 bits per heavy atom. The van der Waals surface area contributed by atoms with E-state index in [0.29, 0.717) is 10.6 Å². The van der Waals surface area contributed by atoms with Crippen molar-refractivity contribution >= 4 is 43.3 Å². The highest BCUT2D eigenvalue weighted by molar-refractivity contribution is 7.91. The van der Waals surface area contributed by atoms with E-state index in [4.69, 9.17) is 9.47 Å². The van der Waals surface area contributed by atoms with Gasteiger partial charge in [-0.1, -0.05) is 24.3 Å². The van der Waals surface area contributed by atoms with Crippen LogP contribution in [0.3, 0.4) is 0 Å². The van der Waals surface area contributed by atoms with Crippen LogP contribution in [0, 0.1) is 0 Å². The zero-order valence-corrected chi connectivity index (χ0v) is 21.1. The average Bonchev–Trinajstić information content (AvgIpc) is 3.14. The van der Waals surface area contributed by atoms with Gasteiger partial charge in [-0.3, -0.25) is 9.59 Å². The second-order valence-electron chi connectivity index (χ2n) is 7.53. The lowest BCUT2D eigenvalue weighted by Crippen LogP contribution is -2.23. The van der Waals surface area contributed by atoms with Crippen LogP contribution in [0.4, 0.5) is 0 Å². The number of carbonyl (C=O) groups excluding carboxylic acids is 2. The molecule has 10 heteroatoms. The molecule has 0 saturated heterocycles. The molecule has 8 nitrogen and oxygen atoms in total. The number of sulfone groups is 1. The number of ether oxygens (including phenoxy) is 2. The van der Waals surface area contributed by atoms with Crippen molar-refractivity contribution in [2.75, 3.05) is 19.5 Å². The van der Waals surface area contributed by atoms with Crippen LogP contribution < -0.4 is 9.54 Å². The molecule has 1 amide bonds. The van der Waals surface area contributed by atoms with Crippen molar-refractivity contribution in [2.45, 2.75) is 44.6 Å². The SMILES string of the molecule is CCOC(=O)Cn1c(=NC(=O)CCCS(=O)(=O)c2ccc(OC)cc2)sc2cc(CC)ccc21. The van der Waals surface area contributed by atoms with Crippen molar-refractivity contribution in [3.8, 4) is 5.75 Å². The minimum atomic E-state index is -3.53. The minimum Gasteiger partial charge on any atom is -0.497 e. The molecule has 3 rings (SSSR count). The highest BCUT2D eigenvalue weighted by Gasteiger charge is 2.16. The number of nitrogens with zero attached hydrogens (tertiary/aromatic N) is 2. The third-order valence-electron chi connectivity index (χ3n) is 5.19. The lowest BCUT2D eigenvalue weighted by molar-refractivity contribution is -0.143. The van der Waals surface area contributed by atoms with Crippen LogP contribution in [0.2, 0.25) is 0 Å². The summed E-state index contributed by atoms with van der Waals surface area (Å²) in [5.41, 5.74) is 1.93. The molecule has 0 atom stereocenters. The third kappa shape index (κ3) is 6.32. The summed E-state index contributed by atoms with van der Waals surface area (Å²) in [5.74, 6) is -0.458. The topological polar surface area (TPSA) is 104 Å². The van der Waals surface area contributed by atoms with E-state index in [1.54, 1.807) is 23.6 Å². The maximum atomic E-state index is 12.6. The van der Waals surface area contributed by atoms with Gasteiger partial charge in [-0.2, -0.15) is 4.99 Å². The Labute approximate surface area is 202 Å². The van der Waals surface area contributed by atoms with Crippen molar-refractivity contribution in [1.82, 2.24) is 4.57 Å². The fourth-order valence-corrected chi connectivity index (χ4v) is 5.81. The van der Waals surface area contributed by atoms with Gasteiger partial charge in [0.05, 0.1) is 34.6 Å². The standard InChI is InChI=1S/C24H28N2O6S2/c1-4-17-8-13-20-21(15-17)33-24(26(20)16-23(28)32-5-2)25-22(27)7-6-14-34(29,30)19-11-9-18(31-3)10-12-19/h8-13,15H,4-7,14,16H2,1-3H3. The zero-order chi connectivity index (χ0) is 24.7. The van der Waals surface area contributed by atoms with Crippen LogP contribution in [-0.4, -0.2) is 44.3 Å². The van der Waals surface area contributed by atoms with Crippen molar-refractivity contribution in [3.05, 3.63) is 52.8 Å². The number of esters is 1. The first-order chi connectivity index (χ1) is 16.3. The summed E-state index contributed by atoms with van der Waals surface area (Å²) in [6.07, 6.45) is 0.975. The van der Waals surface area contributed by atoms with Crippen molar-refractivity contribution in [1.29, 1.82) is 0 Å². The highest BCUT2D eigenvalue weighted by atomic mass is 32.2. The van der Waals surface area contributed by atoms with E-state index in [0.717, 1.165) is 22.2 Å². The molecule has 182 valence electrons. The monoisotopic (exact) mass is 504 g/mol. The van der Waals surface area contributed by atoms with Crippen LogP contribution in [0.5, 0.6) is 5.75 Å². The summed E-state index contributed by atoms with van der Waals surface area (Å²) in [6, 6.07) is 12.1. The average molecular weight is 505 g/mol. The number of rotatable bonds is 10. The van der Waals surface area contributed by atoms with Gasteiger partial charge in [0, 0.05) is 6.42 Å². The van der Waals surface area contributed by atoms with Crippen LogP contribution >= 0.6 is 11.3 Å². The maximum absolute atomic E-state index is 12.6. The number of benzene rings is 2. The number of hydrogen-bond acceptors (Lipinski definition) is 7. The van der Waals surface area contributed by atoms with Crippen molar-refractivity contribution in [2.24, 2.45) is 4.99 Å². The summed E-state index contributed by atoms with van der Waals surface area (Å²) in [6.45, 7) is 3.99. The molecule has 0 aliphatic rings. The molecule has 1 heterocycles. The summed E-state index contributed by atoms with van der Waals surface area (Å²) in [4.78, 5) is 29.5. The highest BCUT2D eigenvalue weighted by Crippen LogP contribution is 2.20. The fourth-order valence-electron chi connectivity index (χ4n) is 3.39. The minimum absolute atomic E-state index is 0.0246. The predicted molar refractivity (Wildman–Crippen MR) is 131 cm³/mol. The first-order valence-electron chi connectivity index (χ1n) is 11.0. The van der Waals surface area contributed by atoms with Gasteiger partial charge in [-0.15, -0.1) is 0 Å². The van der Waals surface area contributed by atoms with Gasteiger partial charge in [0.15, 0.2) is 14.6 Å². The van der Waals surface area contributed by atoms with Crippen LogP contribution in [0.25, 0.3) is 10.2 Å². The van der Waals surface area contributed by atoms with E-state index in [-0.39, 0.29) is 36.6 Å². The number of thiazole rings is 1. The number of methoxy groups -OCH3 is 1. The number of fused-ring (bicyclic) bond motifs is 1. The largest absolute Gasteiger partial charge is 0.497 e. The molecular formula is C24H28N2O6S2. The normalized spacial score (nSPS) is 12.1. The van der Waals surface area contributed by atoms with Gasteiger partial charge >= 0.3 is 5.97 Å². The maximum Gasteiger partial charge on any atom is 0.326 e. The molecular weight excluding hydrogens is 476 g/mol. The van der Waals surface area contributed by atoms with Gasteiger partial charge in [0.2, 0.25) is 5.91 Å². The third-order valence-corrected chi connectivity index (χ3v) is 8.05. The Bertz CT molecular complexity index is 1340. The Hall–Kier alpha value is -2.98. The van der Waals surface area contributed by atoms with Crippen molar-refractivity contribution in [3.63, 3.8) is 0 Å². The summed E-state index contributed by atoms with van der Waals surface area (Å²) >= 11 is 1.32. The molecule has 3 aromatic rings. The molecule has 2 aromatic carbocycles. The molecule has 0 bridgehead atoms. The van der Waals surface area contributed by atoms with E-state index < -0.39 is 21.7 Å². The summed E-state index contributed by atoms with van der Waals surface area (Å²) in [5, 5.41) is 0. The summed E-state index contributed by atoms with van der Waals surface area (Å²) in [7, 11) is -2.02. The van der Waals surface area contributed by atoms with Crippen LogP contribution in [0.15, 0.2) is 52.4 Å². The number of aromatic nitrogens is 1. The van der Waals surface area contributed by atoms with E-state index in [1.807, 2.05) is 18.2 Å². The van der Waals surface area contributed by atoms with E-state index in [2.05, 4.69) is 11.9 Å². The fraction of sp³-hybridized carbons (Fsp3) is 0.375. The molecule has 34 heavy (non-hydrogen) atoms.